The Morgan fingerprint density at radius 1 is 0.970 bits per heavy atom. The zero-order valence-corrected chi connectivity index (χ0v) is 18.6. The third-order valence-corrected chi connectivity index (χ3v) is 5.97. The highest BCUT2D eigenvalue weighted by molar-refractivity contribution is 5.94. The molecule has 1 heterocycles. The first-order valence-electron chi connectivity index (χ1n) is 10.8. The van der Waals surface area contributed by atoms with Crippen molar-refractivity contribution >= 4 is 5.91 Å². The van der Waals surface area contributed by atoms with Crippen LogP contribution in [0.4, 0.5) is 8.78 Å². The lowest BCUT2D eigenvalue weighted by Gasteiger charge is -2.38. The van der Waals surface area contributed by atoms with Crippen LogP contribution in [0.2, 0.25) is 0 Å². The first kappa shape index (κ1) is 22.7. The van der Waals surface area contributed by atoms with E-state index >= 15 is 0 Å². The molecule has 172 valence electrons. The molecule has 0 bridgehead atoms. The predicted molar refractivity (Wildman–Crippen MR) is 122 cm³/mol. The monoisotopic (exact) mass is 452 g/mol. The van der Waals surface area contributed by atoms with E-state index in [1.165, 1.54) is 36.4 Å². The minimum absolute atomic E-state index is 0.136. The normalized spacial score (nSPS) is 15.6. The van der Waals surface area contributed by atoms with E-state index in [0.29, 0.717) is 30.2 Å². The van der Waals surface area contributed by atoms with E-state index < -0.39 is 0 Å². The van der Waals surface area contributed by atoms with Crippen molar-refractivity contribution < 1.29 is 23.0 Å². The Kier molecular flexibility index (Phi) is 6.89. The molecule has 1 N–H and O–H groups in total. The van der Waals surface area contributed by atoms with Gasteiger partial charge in [0, 0.05) is 25.2 Å². The third kappa shape index (κ3) is 5.14. The molecule has 0 unspecified atom stereocenters. The maximum Gasteiger partial charge on any atom is 0.251 e. The van der Waals surface area contributed by atoms with Crippen molar-refractivity contribution in [2.45, 2.75) is 19.0 Å². The van der Waals surface area contributed by atoms with Gasteiger partial charge in [0.25, 0.3) is 5.91 Å². The highest BCUT2D eigenvalue weighted by atomic mass is 19.1. The highest BCUT2D eigenvalue weighted by Crippen LogP contribution is 2.38. The van der Waals surface area contributed by atoms with Gasteiger partial charge in [-0.05, 0) is 71.6 Å². The molecule has 0 fully saturated rings. The lowest BCUT2D eigenvalue weighted by atomic mass is 9.91. The summed E-state index contributed by atoms with van der Waals surface area (Å²) in [5, 5.41) is 2.98. The minimum atomic E-state index is -0.390. The number of nitrogens with one attached hydrogen (secondary N) is 1. The van der Waals surface area contributed by atoms with Gasteiger partial charge in [-0.1, -0.05) is 12.1 Å². The smallest absolute Gasteiger partial charge is 0.251 e. The van der Waals surface area contributed by atoms with Gasteiger partial charge in [0.15, 0.2) is 11.5 Å². The van der Waals surface area contributed by atoms with E-state index in [9.17, 15) is 13.6 Å². The molecule has 0 spiro atoms. The second-order valence-corrected chi connectivity index (χ2v) is 7.99. The summed E-state index contributed by atoms with van der Waals surface area (Å²) in [6, 6.07) is 15.7. The Balaban J connectivity index is 1.62. The van der Waals surface area contributed by atoms with Crippen LogP contribution in [0.25, 0.3) is 0 Å². The number of carbonyl (C=O) groups is 1. The molecule has 1 aliphatic heterocycles. The molecule has 33 heavy (non-hydrogen) atoms. The number of amides is 1. The van der Waals surface area contributed by atoms with E-state index in [4.69, 9.17) is 9.47 Å². The summed E-state index contributed by atoms with van der Waals surface area (Å²) in [5.41, 5.74) is 3.55. The topological polar surface area (TPSA) is 50.8 Å². The van der Waals surface area contributed by atoms with Crippen molar-refractivity contribution in [3.63, 3.8) is 0 Å². The minimum Gasteiger partial charge on any atom is -0.493 e. The van der Waals surface area contributed by atoms with Crippen LogP contribution in [0.1, 0.15) is 33.1 Å². The number of hydrogen-bond donors (Lipinski definition) is 1. The number of nitrogens with zero attached hydrogens (tertiary/aromatic N) is 1. The number of ether oxygens (including phenoxy) is 2. The molecular weight excluding hydrogens is 426 g/mol. The molecule has 3 aromatic rings. The maximum absolute atomic E-state index is 13.4. The molecule has 4 rings (SSSR count). The van der Waals surface area contributed by atoms with E-state index in [1.54, 1.807) is 26.4 Å². The van der Waals surface area contributed by atoms with Gasteiger partial charge in [-0.3, -0.25) is 9.69 Å². The molecule has 7 heteroatoms. The van der Waals surface area contributed by atoms with Gasteiger partial charge >= 0.3 is 0 Å². The molecule has 1 aliphatic rings. The average Bonchev–Trinajstić information content (AvgIpc) is 2.84. The molecule has 5 nitrogen and oxygen atoms in total. The van der Waals surface area contributed by atoms with E-state index in [0.717, 1.165) is 29.7 Å². The zero-order valence-electron chi connectivity index (χ0n) is 18.6. The van der Waals surface area contributed by atoms with E-state index in [1.807, 2.05) is 12.1 Å². The van der Waals surface area contributed by atoms with Gasteiger partial charge in [0.05, 0.1) is 20.3 Å². The number of methoxy groups -OCH3 is 2. The molecule has 0 saturated heterocycles. The second kappa shape index (κ2) is 10.0. The quantitative estimate of drug-likeness (QED) is 0.573. The fourth-order valence-corrected chi connectivity index (χ4v) is 4.23. The molecule has 3 aromatic carbocycles. The number of benzene rings is 3. The van der Waals surface area contributed by atoms with Crippen LogP contribution in [0.15, 0.2) is 60.7 Å². The fourth-order valence-electron chi connectivity index (χ4n) is 4.23. The van der Waals surface area contributed by atoms with Crippen molar-refractivity contribution in [1.82, 2.24) is 10.2 Å². The van der Waals surface area contributed by atoms with Crippen LogP contribution < -0.4 is 14.8 Å². The van der Waals surface area contributed by atoms with E-state index in [2.05, 4.69) is 10.2 Å². The largest absolute Gasteiger partial charge is 0.493 e. The summed E-state index contributed by atoms with van der Waals surface area (Å²) in [5.74, 6) is 0.346. The molecule has 1 amide bonds. The number of rotatable bonds is 7. The molecular formula is C26H26F2N2O3. The fraction of sp³-hybridized carbons (Fsp3) is 0.269. The molecule has 0 aliphatic carbocycles. The van der Waals surface area contributed by atoms with Crippen LogP contribution in [-0.2, 0) is 13.0 Å². The number of halogens is 2. The van der Waals surface area contributed by atoms with Gasteiger partial charge < -0.3 is 14.8 Å². The van der Waals surface area contributed by atoms with Crippen LogP contribution in [-0.4, -0.2) is 38.1 Å². The molecule has 0 radical (unpaired) electrons. The summed E-state index contributed by atoms with van der Waals surface area (Å²) in [7, 11) is 3.20. The van der Waals surface area contributed by atoms with Gasteiger partial charge in [-0.15, -0.1) is 0 Å². The maximum atomic E-state index is 13.4. The van der Waals surface area contributed by atoms with Gasteiger partial charge in [-0.25, -0.2) is 8.78 Å². The van der Waals surface area contributed by atoms with Crippen LogP contribution >= 0.6 is 0 Å². The molecule has 1 atom stereocenters. The summed E-state index contributed by atoms with van der Waals surface area (Å²) >= 11 is 0. The van der Waals surface area contributed by atoms with E-state index in [-0.39, 0.29) is 23.6 Å². The molecule has 0 aromatic heterocycles. The number of hydrogen-bond acceptors (Lipinski definition) is 4. The zero-order chi connectivity index (χ0) is 23.4. The van der Waals surface area contributed by atoms with Crippen molar-refractivity contribution in [1.29, 1.82) is 0 Å². The van der Waals surface area contributed by atoms with Crippen molar-refractivity contribution in [2.75, 3.05) is 27.3 Å². The standard InChI is InChI=1S/C26H26F2N2O3/c1-32-24-13-19-11-12-30(16-17-3-7-20(27)8-4-17)23(22(19)14-25(24)33-2)15-29-26(31)18-5-9-21(28)10-6-18/h3-10,13-14,23H,11-12,15-16H2,1-2H3,(H,29,31)/t23-/m1/s1. The highest BCUT2D eigenvalue weighted by Gasteiger charge is 2.29. The van der Waals surface area contributed by atoms with Gasteiger partial charge in [0.2, 0.25) is 0 Å². The van der Waals surface area contributed by atoms with Crippen LogP contribution in [0.3, 0.4) is 0 Å². The predicted octanol–water partition coefficient (Wildman–Crippen LogP) is 4.51. The summed E-state index contributed by atoms with van der Waals surface area (Å²) in [6.45, 7) is 1.71. The summed E-state index contributed by atoms with van der Waals surface area (Å²) in [6.07, 6.45) is 0.805. The lowest BCUT2D eigenvalue weighted by molar-refractivity contribution is 0.0925. The summed E-state index contributed by atoms with van der Waals surface area (Å²) < 4.78 is 37.6. The van der Waals surface area contributed by atoms with Crippen LogP contribution in [0.5, 0.6) is 11.5 Å². The van der Waals surface area contributed by atoms with Crippen molar-refractivity contribution in [2.24, 2.45) is 0 Å². The van der Waals surface area contributed by atoms with Crippen LogP contribution in [0, 0.1) is 11.6 Å². The van der Waals surface area contributed by atoms with Gasteiger partial charge in [0.1, 0.15) is 11.6 Å². The number of carbonyl (C=O) groups excluding carboxylic acids is 1. The van der Waals surface area contributed by atoms with Crippen molar-refractivity contribution in [3.8, 4) is 11.5 Å². The Labute approximate surface area is 191 Å². The lowest BCUT2D eigenvalue weighted by Crippen LogP contribution is -2.41. The Hall–Kier alpha value is -3.45. The summed E-state index contributed by atoms with van der Waals surface area (Å²) in [4.78, 5) is 15.0. The SMILES string of the molecule is COc1cc2c(cc1OC)[C@@H](CNC(=O)c1ccc(F)cc1)N(Cc1ccc(F)cc1)CC2. The third-order valence-electron chi connectivity index (χ3n) is 5.97. The Morgan fingerprint density at radius 3 is 2.21 bits per heavy atom. The first-order chi connectivity index (χ1) is 16.0. The Morgan fingerprint density at radius 2 is 1.58 bits per heavy atom. The average molecular weight is 453 g/mol. The second-order valence-electron chi connectivity index (χ2n) is 7.99. The first-order valence-corrected chi connectivity index (χ1v) is 10.8. The van der Waals surface area contributed by atoms with Gasteiger partial charge in [-0.2, -0.15) is 0 Å². The number of fused-ring (bicyclic) bond motifs is 1. The molecule has 0 saturated carbocycles. The van der Waals surface area contributed by atoms with Crippen molar-refractivity contribution in [3.05, 3.63) is 94.6 Å². The Bertz CT molecular complexity index is 1120.